The first-order valence-corrected chi connectivity index (χ1v) is 5.60. The Kier molecular flexibility index (Phi) is 4.18. The second-order valence-electron chi connectivity index (χ2n) is 4.41. The van der Waals surface area contributed by atoms with Crippen LogP contribution < -0.4 is 5.32 Å². The van der Waals surface area contributed by atoms with E-state index in [1.807, 2.05) is 0 Å². The van der Waals surface area contributed by atoms with Crippen LogP contribution in [0.15, 0.2) is 12.7 Å². The van der Waals surface area contributed by atoms with Crippen molar-refractivity contribution in [1.82, 2.24) is 5.32 Å². The molecule has 0 aromatic carbocycles. The maximum absolute atomic E-state index is 11.2. The molecule has 0 saturated heterocycles. The maximum atomic E-state index is 11.2. The van der Waals surface area contributed by atoms with Crippen LogP contribution in [0.1, 0.15) is 39.5 Å². The molecule has 3 atom stereocenters. The molecule has 0 heterocycles. The Bertz CT molecular complexity index is 212. The normalized spacial score (nSPS) is 32.3. The van der Waals surface area contributed by atoms with Crippen LogP contribution in [0.2, 0.25) is 0 Å². The maximum Gasteiger partial charge on any atom is 0.243 e. The van der Waals surface area contributed by atoms with Gasteiger partial charge in [0.15, 0.2) is 0 Å². The van der Waals surface area contributed by atoms with E-state index < -0.39 is 0 Å². The minimum Gasteiger partial charge on any atom is -0.350 e. The molecule has 2 heteroatoms. The predicted octanol–water partition coefficient (Wildman–Crippen LogP) is 2.50. The molecule has 1 amide bonds. The van der Waals surface area contributed by atoms with Crippen molar-refractivity contribution >= 4 is 5.91 Å². The van der Waals surface area contributed by atoms with Gasteiger partial charge in [-0.05, 0) is 30.8 Å². The van der Waals surface area contributed by atoms with Crippen LogP contribution in [0.3, 0.4) is 0 Å². The van der Waals surface area contributed by atoms with Crippen LogP contribution in [-0.2, 0) is 4.79 Å². The van der Waals surface area contributed by atoms with Gasteiger partial charge in [-0.3, -0.25) is 4.79 Å². The number of nitrogens with one attached hydrogen (secondary N) is 1. The highest BCUT2D eigenvalue weighted by Crippen LogP contribution is 2.30. The second-order valence-corrected chi connectivity index (χ2v) is 4.41. The fraction of sp³-hybridized carbons (Fsp3) is 0.750. The molecule has 0 radical (unpaired) electrons. The smallest absolute Gasteiger partial charge is 0.243 e. The van der Waals surface area contributed by atoms with E-state index in [1.165, 1.54) is 18.9 Å². The van der Waals surface area contributed by atoms with E-state index in [0.29, 0.717) is 12.0 Å². The average Bonchev–Trinajstić information content (AvgIpc) is 2.18. The molecule has 0 bridgehead atoms. The molecule has 0 spiro atoms. The lowest BCUT2D eigenvalue weighted by molar-refractivity contribution is -0.117. The van der Waals surface area contributed by atoms with Gasteiger partial charge >= 0.3 is 0 Å². The zero-order valence-corrected chi connectivity index (χ0v) is 9.25. The number of hydrogen-bond donors (Lipinski definition) is 1. The zero-order chi connectivity index (χ0) is 10.6. The lowest BCUT2D eigenvalue weighted by Crippen LogP contribution is -2.42. The summed E-state index contributed by atoms with van der Waals surface area (Å²) in [4.78, 5) is 11.2. The van der Waals surface area contributed by atoms with Crippen molar-refractivity contribution in [2.45, 2.75) is 45.6 Å². The van der Waals surface area contributed by atoms with Gasteiger partial charge < -0.3 is 5.32 Å². The summed E-state index contributed by atoms with van der Waals surface area (Å²) in [7, 11) is 0. The molecule has 0 aliphatic heterocycles. The van der Waals surface area contributed by atoms with Gasteiger partial charge in [-0.15, -0.1) is 0 Å². The predicted molar refractivity (Wildman–Crippen MR) is 58.9 cm³/mol. The standard InChI is InChI=1S/C12H21NO/c1-4-10-7-6-9(3)8-11(10)13-12(14)5-2/h5,9-11H,2,4,6-8H2,1,3H3,(H,13,14). The molecule has 0 aromatic heterocycles. The Balaban J connectivity index is 2.52. The topological polar surface area (TPSA) is 29.1 Å². The van der Waals surface area contributed by atoms with E-state index in [4.69, 9.17) is 0 Å². The molecule has 2 nitrogen and oxygen atoms in total. The van der Waals surface area contributed by atoms with Gasteiger partial charge in [-0.1, -0.05) is 33.3 Å². The van der Waals surface area contributed by atoms with Crippen LogP contribution in [0.4, 0.5) is 0 Å². The lowest BCUT2D eigenvalue weighted by atomic mass is 9.78. The Hall–Kier alpha value is -0.790. The van der Waals surface area contributed by atoms with Crippen LogP contribution in [-0.4, -0.2) is 11.9 Å². The first-order chi connectivity index (χ1) is 6.67. The molecule has 1 saturated carbocycles. The summed E-state index contributed by atoms with van der Waals surface area (Å²) in [6.45, 7) is 7.95. The summed E-state index contributed by atoms with van der Waals surface area (Å²) in [5.41, 5.74) is 0. The third-order valence-electron chi connectivity index (χ3n) is 3.29. The highest BCUT2D eigenvalue weighted by atomic mass is 16.1. The van der Waals surface area contributed by atoms with E-state index in [9.17, 15) is 4.79 Å². The summed E-state index contributed by atoms with van der Waals surface area (Å²) in [5.74, 6) is 1.38. The zero-order valence-electron chi connectivity index (χ0n) is 9.25. The quantitative estimate of drug-likeness (QED) is 0.689. The number of carbonyl (C=O) groups is 1. The Morgan fingerprint density at radius 3 is 2.86 bits per heavy atom. The first-order valence-electron chi connectivity index (χ1n) is 5.60. The molecular weight excluding hydrogens is 174 g/mol. The number of amides is 1. The first kappa shape index (κ1) is 11.3. The van der Waals surface area contributed by atoms with Gasteiger partial charge in [0.25, 0.3) is 0 Å². The van der Waals surface area contributed by atoms with Crippen LogP contribution in [0.25, 0.3) is 0 Å². The molecular formula is C12H21NO. The number of rotatable bonds is 3. The highest BCUT2D eigenvalue weighted by Gasteiger charge is 2.27. The molecule has 1 fully saturated rings. The van der Waals surface area contributed by atoms with Crippen LogP contribution >= 0.6 is 0 Å². The Labute approximate surface area is 86.8 Å². The highest BCUT2D eigenvalue weighted by molar-refractivity contribution is 5.87. The molecule has 1 N–H and O–H groups in total. The van der Waals surface area contributed by atoms with Gasteiger partial charge in [0.05, 0.1) is 0 Å². The minimum atomic E-state index is -0.0254. The van der Waals surface area contributed by atoms with Gasteiger partial charge in [0.1, 0.15) is 0 Å². The summed E-state index contributed by atoms with van der Waals surface area (Å²) in [6, 6.07) is 0.370. The van der Waals surface area contributed by atoms with Crippen molar-refractivity contribution in [3.8, 4) is 0 Å². The van der Waals surface area contributed by atoms with Gasteiger partial charge in [0, 0.05) is 6.04 Å². The van der Waals surface area contributed by atoms with Gasteiger partial charge in [-0.25, -0.2) is 0 Å². The summed E-state index contributed by atoms with van der Waals surface area (Å²) < 4.78 is 0. The Morgan fingerprint density at radius 1 is 1.57 bits per heavy atom. The minimum absolute atomic E-state index is 0.0254. The van der Waals surface area contributed by atoms with Crippen LogP contribution in [0.5, 0.6) is 0 Å². The van der Waals surface area contributed by atoms with Crippen molar-refractivity contribution in [1.29, 1.82) is 0 Å². The monoisotopic (exact) mass is 195 g/mol. The fourth-order valence-corrected chi connectivity index (χ4v) is 2.35. The largest absolute Gasteiger partial charge is 0.350 e. The second kappa shape index (κ2) is 5.18. The van der Waals surface area contributed by atoms with Crippen molar-refractivity contribution in [3.63, 3.8) is 0 Å². The van der Waals surface area contributed by atoms with Crippen molar-refractivity contribution in [2.75, 3.05) is 0 Å². The van der Waals surface area contributed by atoms with Crippen molar-refractivity contribution in [3.05, 3.63) is 12.7 Å². The molecule has 14 heavy (non-hydrogen) atoms. The van der Waals surface area contributed by atoms with Gasteiger partial charge in [-0.2, -0.15) is 0 Å². The molecule has 1 rings (SSSR count). The van der Waals surface area contributed by atoms with Crippen molar-refractivity contribution < 1.29 is 4.79 Å². The van der Waals surface area contributed by atoms with Crippen LogP contribution in [0, 0.1) is 11.8 Å². The third kappa shape index (κ3) is 2.86. The average molecular weight is 195 g/mol. The number of carbonyl (C=O) groups excluding carboxylic acids is 1. The lowest BCUT2D eigenvalue weighted by Gasteiger charge is -2.34. The summed E-state index contributed by atoms with van der Waals surface area (Å²) in [5, 5.41) is 3.04. The van der Waals surface area contributed by atoms with E-state index >= 15 is 0 Å². The van der Waals surface area contributed by atoms with E-state index in [2.05, 4.69) is 25.7 Å². The molecule has 0 aromatic rings. The Morgan fingerprint density at radius 2 is 2.29 bits per heavy atom. The summed E-state index contributed by atoms with van der Waals surface area (Å²) >= 11 is 0. The molecule has 80 valence electrons. The molecule has 1 aliphatic rings. The molecule has 1 aliphatic carbocycles. The third-order valence-corrected chi connectivity index (χ3v) is 3.29. The number of hydrogen-bond acceptors (Lipinski definition) is 1. The fourth-order valence-electron chi connectivity index (χ4n) is 2.35. The molecule has 3 unspecified atom stereocenters. The SMILES string of the molecule is C=CC(=O)NC1CC(C)CCC1CC. The van der Waals surface area contributed by atoms with E-state index in [1.54, 1.807) is 0 Å². The van der Waals surface area contributed by atoms with Crippen molar-refractivity contribution in [2.24, 2.45) is 11.8 Å². The van der Waals surface area contributed by atoms with E-state index in [0.717, 1.165) is 18.8 Å². The summed E-state index contributed by atoms with van der Waals surface area (Å²) in [6.07, 6.45) is 6.21. The van der Waals surface area contributed by atoms with E-state index in [-0.39, 0.29) is 5.91 Å². The van der Waals surface area contributed by atoms with Gasteiger partial charge in [0.2, 0.25) is 5.91 Å².